The van der Waals surface area contributed by atoms with E-state index in [1.807, 2.05) is 32.0 Å². The summed E-state index contributed by atoms with van der Waals surface area (Å²) >= 11 is 0. The van der Waals surface area contributed by atoms with Gasteiger partial charge in [-0.2, -0.15) is 0 Å². The van der Waals surface area contributed by atoms with Gasteiger partial charge in [-0.1, -0.05) is 42.0 Å². The Labute approximate surface area is 179 Å². The van der Waals surface area contributed by atoms with Crippen molar-refractivity contribution in [2.24, 2.45) is 0 Å². The van der Waals surface area contributed by atoms with E-state index in [1.165, 1.54) is 5.56 Å². The molecule has 1 saturated heterocycles. The lowest BCUT2D eigenvalue weighted by molar-refractivity contribution is -0.122. The van der Waals surface area contributed by atoms with Gasteiger partial charge in [-0.25, -0.2) is 0 Å². The summed E-state index contributed by atoms with van der Waals surface area (Å²) in [7, 11) is 0. The third-order valence-electron chi connectivity index (χ3n) is 5.77. The van der Waals surface area contributed by atoms with Crippen LogP contribution in [-0.2, 0) is 9.53 Å². The van der Waals surface area contributed by atoms with Crippen LogP contribution in [0.2, 0.25) is 0 Å². The van der Waals surface area contributed by atoms with Crippen LogP contribution in [0.5, 0.6) is 0 Å². The van der Waals surface area contributed by atoms with Gasteiger partial charge in [-0.15, -0.1) is 0 Å². The number of Topliss-reactive ketones (excluding diaryl/α,β-unsaturated/α-hetero) is 1. The first-order valence-corrected chi connectivity index (χ1v) is 10.7. The molecule has 1 aliphatic heterocycles. The number of hydrogen-bond donors (Lipinski definition) is 1. The highest BCUT2D eigenvalue weighted by molar-refractivity contribution is 5.98. The first kappa shape index (κ1) is 22.2. The van der Waals surface area contributed by atoms with Gasteiger partial charge in [0.1, 0.15) is 0 Å². The molecule has 1 N–H and O–H groups in total. The van der Waals surface area contributed by atoms with Crippen LogP contribution in [0, 0.1) is 20.8 Å². The summed E-state index contributed by atoms with van der Waals surface area (Å²) in [5.74, 6) is -0.0840. The molecule has 1 atom stereocenters. The van der Waals surface area contributed by atoms with Crippen molar-refractivity contribution in [2.75, 3.05) is 32.8 Å². The Hall–Kier alpha value is -2.50. The lowest BCUT2D eigenvalue weighted by atomic mass is 10.0. The molecule has 0 spiro atoms. The molecule has 0 saturated carbocycles. The van der Waals surface area contributed by atoms with Gasteiger partial charge in [0.05, 0.1) is 19.3 Å². The van der Waals surface area contributed by atoms with Crippen LogP contribution in [0.3, 0.4) is 0 Å². The second-order valence-electron chi connectivity index (χ2n) is 8.17. The molecule has 0 bridgehead atoms. The van der Waals surface area contributed by atoms with Crippen molar-refractivity contribution in [1.82, 2.24) is 10.2 Å². The average Bonchev–Trinajstić information content (AvgIpc) is 2.75. The molecule has 0 unspecified atom stereocenters. The maximum Gasteiger partial charge on any atom is 0.220 e. The van der Waals surface area contributed by atoms with E-state index in [2.05, 4.69) is 41.4 Å². The molecule has 5 heteroatoms. The summed E-state index contributed by atoms with van der Waals surface area (Å²) in [6.07, 6.45) is 0.406. The maximum absolute atomic E-state index is 12.7. The van der Waals surface area contributed by atoms with Crippen molar-refractivity contribution in [1.29, 1.82) is 0 Å². The largest absolute Gasteiger partial charge is 0.379 e. The smallest absolute Gasteiger partial charge is 0.220 e. The number of carbonyl (C=O) groups excluding carboxylic acids is 2. The minimum atomic E-state index is -0.104. The zero-order valence-electron chi connectivity index (χ0n) is 18.2. The number of benzene rings is 2. The quantitative estimate of drug-likeness (QED) is 0.676. The molecule has 2 aromatic rings. The zero-order valence-corrected chi connectivity index (χ0v) is 18.2. The normalized spacial score (nSPS) is 15.6. The third kappa shape index (κ3) is 6.25. The molecular formula is C25H32N2O3. The van der Waals surface area contributed by atoms with Gasteiger partial charge < -0.3 is 10.1 Å². The third-order valence-corrected chi connectivity index (χ3v) is 5.77. The van der Waals surface area contributed by atoms with Gasteiger partial charge in [0, 0.05) is 38.0 Å². The van der Waals surface area contributed by atoms with Crippen LogP contribution in [-0.4, -0.2) is 49.4 Å². The van der Waals surface area contributed by atoms with Crippen LogP contribution in [0.1, 0.15) is 51.5 Å². The Balaban J connectivity index is 1.61. The molecule has 160 valence electrons. The van der Waals surface area contributed by atoms with E-state index in [-0.39, 0.29) is 30.6 Å². The standard InChI is InChI=1S/C25H32N2O3/c1-18-4-7-21(8-5-18)23(17-27-12-14-30-15-13-27)26-25(29)11-10-24(28)22-9-6-19(2)20(3)16-22/h4-9,16,23H,10-15,17H2,1-3H3,(H,26,29)/t23-/m1/s1. The van der Waals surface area contributed by atoms with E-state index in [1.54, 1.807) is 0 Å². The lowest BCUT2D eigenvalue weighted by Gasteiger charge is -2.31. The van der Waals surface area contributed by atoms with E-state index < -0.39 is 0 Å². The highest BCUT2D eigenvalue weighted by atomic mass is 16.5. The van der Waals surface area contributed by atoms with Gasteiger partial charge in [0.15, 0.2) is 5.78 Å². The molecule has 0 radical (unpaired) electrons. The van der Waals surface area contributed by atoms with Crippen molar-refractivity contribution in [2.45, 2.75) is 39.7 Å². The number of aryl methyl sites for hydroxylation is 3. The Kier molecular flexibility index (Phi) is 7.77. The number of ether oxygens (including phenoxy) is 1. The first-order valence-electron chi connectivity index (χ1n) is 10.7. The van der Waals surface area contributed by atoms with E-state index >= 15 is 0 Å². The summed E-state index contributed by atoms with van der Waals surface area (Å²) in [4.78, 5) is 27.5. The molecule has 3 rings (SSSR count). The molecule has 5 nitrogen and oxygen atoms in total. The Morgan fingerprint density at radius 3 is 2.33 bits per heavy atom. The average molecular weight is 409 g/mol. The predicted octanol–water partition coefficient (Wildman–Crippen LogP) is 3.76. The molecule has 0 aliphatic carbocycles. The maximum atomic E-state index is 12.7. The summed E-state index contributed by atoms with van der Waals surface area (Å²) in [6, 6.07) is 13.9. The monoisotopic (exact) mass is 408 g/mol. The number of carbonyl (C=O) groups is 2. The van der Waals surface area contributed by atoms with Gasteiger partial charge >= 0.3 is 0 Å². The highest BCUT2D eigenvalue weighted by Gasteiger charge is 2.20. The minimum absolute atomic E-state index is 0.00770. The summed E-state index contributed by atoms with van der Waals surface area (Å²) in [5, 5.41) is 3.15. The number of morpholine rings is 1. The fraction of sp³-hybridized carbons (Fsp3) is 0.440. The van der Waals surface area contributed by atoms with E-state index in [9.17, 15) is 9.59 Å². The summed E-state index contributed by atoms with van der Waals surface area (Å²) < 4.78 is 5.44. The number of rotatable bonds is 8. The van der Waals surface area contributed by atoms with Crippen LogP contribution >= 0.6 is 0 Å². The van der Waals surface area contributed by atoms with Crippen LogP contribution in [0.4, 0.5) is 0 Å². The Morgan fingerprint density at radius 2 is 1.67 bits per heavy atom. The number of hydrogen-bond acceptors (Lipinski definition) is 4. The van der Waals surface area contributed by atoms with Crippen LogP contribution < -0.4 is 5.32 Å². The SMILES string of the molecule is Cc1ccc([C@@H](CN2CCOCC2)NC(=O)CCC(=O)c2ccc(C)c(C)c2)cc1. The molecule has 2 aromatic carbocycles. The van der Waals surface area contributed by atoms with E-state index in [0.29, 0.717) is 5.56 Å². The molecule has 30 heavy (non-hydrogen) atoms. The van der Waals surface area contributed by atoms with Gasteiger partial charge in [0.2, 0.25) is 5.91 Å². The number of ketones is 1. The molecule has 0 aromatic heterocycles. The summed E-state index contributed by atoms with van der Waals surface area (Å²) in [5.41, 5.74) is 5.20. The predicted molar refractivity (Wildman–Crippen MR) is 119 cm³/mol. The summed E-state index contributed by atoms with van der Waals surface area (Å²) in [6.45, 7) is 9.99. The Morgan fingerprint density at radius 1 is 0.967 bits per heavy atom. The van der Waals surface area contributed by atoms with Crippen LogP contribution in [0.15, 0.2) is 42.5 Å². The number of nitrogens with one attached hydrogen (secondary N) is 1. The van der Waals surface area contributed by atoms with Crippen molar-refractivity contribution in [3.8, 4) is 0 Å². The number of nitrogens with zero attached hydrogens (tertiary/aromatic N) is 1. The zero-order chi connectivity index (χ0) is 21.5. The van der Waals surface area contributed by atoms with Crippen molar-refractivity contribution in [3.63, 3.8) is 0 Å². The number of amides is 1. The molecule has 1 heterocycles. The van der Waals surface area contributed by atoms with Crippen molar-refractivity contribution < 1.29 is 14.3 Å². The molecular weight excluding hydrogens is 376 g/mol. The van der Waals surface area contributed by atoms with Gasteiger partial charge in [-0.05, 0) is 43.5 Å². The molecule has 1 amide bonds. The second-order valence-corrected chi connectivity index (χ2v) is 8.17. The van der Waals surface area contributed by atoms with E-state index in [4.69, 9.17) is 4.74 Å². The highest BCUT2D eigenvalue weighted by Crippen LogP contribution is 2.18. The first-order chi connectivity index (χ1) is 14.4. The lowest BCUT2D eigenvalue weighted by Crippen LogP contribution is -2.43. The van der Waals surface area contributed by atoms with Crippen molar-refractivity contribution >= 4 is 11.7 Å². The fourth-order valence-electron chi connectivity index (χ4n) is 3.63. The van der Waals surface area contributed by atoms with Crippen LogP contribution in [0.25, 0.3) is 0 Å². The minimum Gasteiger partial charge on any atom is -0.379 e. The molecule has 1 aliphatic rings. The fourth-order valence-corrected chi connectivity index (χ4v) is 3.63. The van der Waals surface area contributed by atoms with E-state index in [0.717, 1.165) is 49.5 Å². The van der Waals surface area contributed by atoms with Gasteiger partial charge in [-0.3, -0.25) is 14.5 Å². The molecule has 1 fully saturated rings. The topological polar surface area (TPSA) is 58.6 Å². The Bertz CT molecular complexity index is 870. The van der Waals surface area contributed by atoms with Gasteiger partial charge in [0.25, 0.3) is 0 Å². The van der Waals surface area contributed by atoms with Crippen molar-refractivity contribution in [3.05, 3.63) is 70.3 Å². The second kappa shape index (κ2) is 10.5.